The molecule has 1 aromatic carbocycles. The summed E-state index contributed by atoms with van der Waals surface area (Å²) in [6.07, 6.45) is -0.926. The Labute approximate surface area is 194 Å². The second-order valence-electron chi connectivity index (χ2n) is 7.00. The lowest BCUT2D eigenvalue weighted by molar-refractivity contribution is -0.385. The van der Waals surface area contributed by atoms with Gasteiger partial charge in [-0.2, -0.15) is 4.98 Å². The van der Waals surface area contributed by atoms with E-state index >= 15 is 0 Å². The van der Waals surface area contributed by atoms with Crippen molar-refractivity contribution in [2.45, 2.75) is 38.7 Å². The Morgan fingerprint density at radius 3 is 2.76 bits per heavy atom. The highest BCUT2D eigenvalue weighted by molar-refractivity contribution is 9.10. The molecule has 3 rings (SSSR count). The normalized spacial score (nSPS) is 19.7. The number of nitrogens with one attached hydrogen (secondary N) is 1. The Kier molecular flexibility index (Phi) is 7.28. The summed E-state index contributed by atoms with van der Waals surface area (Å²) in [6.45, 7) is 2.28. The number of phenols is 1. The summed E-state index contributed by atoms with van der Waals surface area (Å²) < 4.78 is 17.4. The highest BCUT2D eigenvalue weighted by Crippen LogP contribution is 2.36. The quantitative estimate of drug-likeness (QED) is 0.234. The van der Waals surface area contributed by atoms with Crippen molar-refractivity contribution in [3.63, 3.8) is 0 Å². The van der Waals surface area contributed by atoms with Gasteiger partial charge in [-0.05, 0) is 22.0 Å². The molecule has 0 amide bonds. The molecule has 0 radical (unpaired) electrons. The number of benzene rings is 1. The molecular weight excluding hydrogens is 508 g/mol. The maximum absolute atomic E-state index is 12.7. The van der Waals surface area contributed by atoms with Gasteiger partial charge in [0.25, 0.3) is 0 Å². The third-order valence-corrected chi connectivity index (χ3v) is 5.21. The van der Waals surface area contributed by atoms with E-state index in [1.165, 1.54) is 32.2 Å². The van der Waals surface area contributed by atoms with Gasteiger partial charge in [-0.15, -0.1) is 0 Å². The largest absolute Gasteiger partial charge is 0.501 e. The van der Waals surface area contributed by atoms with Crippen LogP contribution in [0.3, 0.4) is 0 Å². The van der Waals surface area contributed by atoms with Crippen molar-refractivity contribution in [1.29, 1.82) is 0 Å². The maximum atomic E-state index is 12.7. The van der Waals surface area contributed by atoms with Crippen LogP contribution in [0, 0.1) is 10.1 Å². The van der Waals surface area contributed by atoms with Gasteiger partial charge < -0.3 is 24.6 Å². The van der Waals surface area contributed by atoms with E-state index in [-0.39, 0.29) is 29.0 Å². The minimum Gasteiger partial charge on any atom is -0.501 e. The van der Waals surface area contributed by atoms with Crippen LogP contribution in [0.25, 0.3) is 0 Å². The number of hydrogen-bond acceptors (Lipinski definition) is 11. The minimum absolute atomic E-state index is 0.00181. The molecule has 1 saturated heterocycles. The predicted octanol–water partition coefficient (Wildman–Crippen LogP) is 2.15. The zero-order valence-electron chi connectivity index (χ0n) is 17.4. The zero-order chi connectivity index (χ0) is 24.3. The van der Waals surface area contributed by atoms with Gasteiger partial charge in [0, 0.05) is 32.5 Å². The number of esters is 2. The molecule has 14 heteroatoms. The number of nitrogens with zero attached hydrogens (tertiary/aromatic N) is 3. The van der Waals surface area contributed by atoms with Crippen LogP contribution in [0.1, 0.15) is 26.5 Å². The molecule has 2 N–H and O–H groups in total. The number of hydrogen-bond donors (Lipinski definition) is 2. The molecule has 0 spiro atoms. The fraction of sp³-hybridized carbons (Fsp3) is 0.368. The van der Waals surface area contributed by atoms with Crippen molar-refractivity contribution in [3.8, 4) is 5.75 Å². The lowest BCUT2D eigenvalue weighted by Crippen LogP contribution is -2.31. The minimum atomic E-state index is -0.869. The highest BCUT2D eigenvalue weighted by atomic mass is 79.9. The monoisotopic (exact) mass is 526 g/mol. The molecule has 1 aliphatic heterocycles. The van der Waals surface area contributed by atoms with E-state index in [4.69, 9.17) is 14.2 Å². The molecule has 3 atom stereocenters. The second-order valence-corrected chi connectivity index (χ2v) is 7.85. The number of carbonyl (C=O) groups is 2. The lowest BCUT2D eigenvalue weighted by Gasteiger charge is -2.18. The fourth-order valence-corrected chi connectivity index (χ4v) is 3.61. The third-order valence-electron chi connectivity index (χ3n) is 4.63. The number of para-hydroxylation sites is 1. The van der Waals surface area contributed by atoms with E-state index < -0.39 is 52.4 Å². The van der Waals surface area contributed by atoms with Crippen molar-refractivity contribution < 1.29 is 33.8 Å². The van der Waals surface area contributed by atoms with Crippen LogP contribution in [-0.2, 0) is 23.8 Å². The Morgan fingerprint density at radius 2 is 2.12 bits per heavy atom. The number of ether oxygens (including phenoxy) is 3. The standard InChI is InChI=1S/C19H19BrN4O9/c1-9(25)31-8-15-14(32-10(2)26)6-16(33-15)23-7-11(20)18(22-19(23)28)21-12-4-3-5-13(17(12)27)24(29)30/h3-5,7,14-16,27H,6,8H2,1-2H3,(H,21,22,28)/t14?,15-,16-/m1/s1. The van der Waals surface area contributed by atoms with Crippen molar-refractivity contribution in [3.05, 3.63) is 49.5 Å². The molecule has 176 valence electrons. The van der Waals surface area contributed by atoms with E-state index in [1.807, 2.05) is 0 Å². The molecule has 0 saturated carbocycles. The molecule has 0 aliphatic carbocycles. The third kappa shape index (κ3) is 5.64. The van der Waals surface area contributed by atoms with E-state index in [2.05, 4.69) is 26.2 Å². The second kappa shape index (κ2) is 9.95. The van der Waals surface area contributed by atoms with Crippen molar-refractivity contribution in [1.82, 2.24) is 9.55 Å². The van der Waals surface area contributed by atoms with Gasteiger partial charge in [0.05, 0.1) is 15.1 Å². The molecule has 1 unspecified atom stereocenters. The first-order chi connectivity index (χ1) is 15.6. The number of aromatic nitrogens is 2. The van der Waals surface area contributed by atoms with Crippen LogP contribution in [0.2, 0.25) is 0 Å². The van der Waals surface area contributed by atoms with E-state index in [0.29, 0.717) is 0 Å². The topological polar surface area (TPSA) is 172 Å². The number of carbonyl (C=O) groups excluding carboxylic acids is 2. The summed E-state index contributed by atoms with van der Waals surface area (Å²) in [5, 5.41) is 23.8. The van der Waals surface area contributed by atoms with Gasteiger partial charge in [-0.1, -0.05) is 6.07 Å². The molecule has 1 fully saturated rings. The fourth-order valence-electron chi connectivity index (χ4n) is 3.20. The van der Waals surface area contributed by atoms with Crippen molar-refractivity contribution in [2.75, 3.05) is 11.9 Å². The summed E-state index contributed by atoms with van der Waals surface area (Å²) >= 11 is 3.27. The zero-order valence-corrected chi connectivity index (χ0v) is 19.0. The number of nitro groups is 1. The van der Waals surface area contributed by atoms with E-state index in [1.54, 1.807) is 0 Å². The maximum Gasteiger partial charge on any atom is 0.351 e. The molecule has 1 aliphatic rings. The first-order valence-electron chi connectivity index (χ1n) is 9.55. The first kappa shape index (κ1) is 24.1. The van der Waals surface area contributed by atoms with E-state index in [9.17, 15) is 29.6 Å². The average molecular weight is 527 g/mol. The van der Waals surface area contributed by atoms with Crippen LogP contribution in [-0.4, -0.2) is 50.3 Å². The SMILES string of the molecule is CC(=O)OC[C@H]1O[C@@H](n2cc(Br)c(Nc3cccc([N+](=O)[O-])c3O)nc2=O)CC1OC(C)=O. The predicted molar refractivity (Wildman–Crippen MR) is 115 cm³/mol. The van der Waals surface area contributed by atoms with Gasteiger partial charge >= 0.3 is 23.3 Å². The Bertz CT molecular complexity index is 1150. The Morgan fingerprint density at radius 1 is 1.39 bits per heavy atom. The van der Waals surface area contributed by atoms with Crippen LogP contribution < -0.4 is 11.0 Å². The number of aromatic hydroxyl groups is 1. The summed E-state index contributed by atoms with van der Waals surface area (Å²) in [6, 6.07) is 3.87. The number of halogens is 1. The Hall–Kier alpha value is -3.52. The van der Waals surface area contributed by atoms with Gasteiger partial charge in [0.2, 0.25) is 5.75 Å². The van der Waals surface area contributed by atoms with Crippen LogP contribution in [0.15, 0.2) is 33.7 Å². The number of nitro benzene ring substituents is 1. The number of anilines is 2. The molecule has 2 aromatic rings. The molecular formula is C19H19BrN4O9. The Balaban J connectivity index is 1.85. The van der Waals surface area contributed by atoms with Crippen molar-refractivity contribution >= 4 is 45.1 Å². The van der Waals surface area contributed by atoms with Gasteiger partial charge in [0.1, 0.15) is 25.0 Å². The van der Waals surface area contributed by atoms with Gasteiger partial charge in [-0.3, -0.25) is 24.3 Å². The lowest BCUT2D eigenvalue weighted by atomic mass is 10.2. The smallest absolute Gasteiger partial charge is 0.351 e. The summed E-state index contributed by atoms with van der Waals surface area (Å²) in [5.41, 5.74) is -1.28. The summed E-state index contributed by atoms with van der Waals surface area (Å²) in [7, 11) is 0. The van der Waals surface area contributed by atoms with Crippen molar-refractivity contribution in [2.24, 2.45) is 0 Å². The molecule has 13 nitrogen and oxygen atoms in total. The first-order valence-corrected chi connectivity index (χ1v) is 10.3. The molecule has 2 heterocycles. The van der Waals surface area contributed by atoms with Crippen LogP contribution >= 0.6 is 15.9 Å². The molecule has 0 bridgehead atoms. The molecule has 33 heavy (non-hydrogen) atoms. The average Bonchev–Trinajstić information content (AvgIpc) is 3.11. The number of rotatable bonds is 7. The highest BCUT2D eigenvalue weighted by Gasteiger charge is 2.40. The molecule has 1 aromatic heterocycles. The van der Waals surface area contributed by atoms with Crippen LogP contribution in [0.4, 0.5) is 17.2 Å². The van der Waals surface area contributed by atoms with Gasteiger partial charge in [-0.25, -0.2) is 4.79 Å². The number of phenolic OH excluding ortho intramolecular Hbond substituents is 1. The van der Waals surface area contributed by atoms with E-state index in [0.717, 1.165) is 10.6 Å². The van der Waals surface area contributed by atoms with Crippen LogP contribution in [0.5, 0.6) is 5.75 Å². The summed E-state index contributed by atoms with van der Waals surface area (Å²) in [4.78, 5) is 49.4. The van der Waals surface area contributed by atoms with Gasteiger partial charge in [0.15, 0.2) is 5.82 Å². The summed E-state index contributed by atoms with van der Waals surface area (Å²) in [5.74, 6) is -1.71.